The van der Waals surface area contributed by atoms with Crippen LogP contribution >= 0.6 is 11.6 Å². The van der Waals surface area contributed by atoms with Crippen LogP contribution in [0.5, 0.6) is 0 Å². The van der Waals surface area contributed by atoms with Gasteiger partial charge in [0.1, 0.15) is 5.82 Å². The summed E-state index contributed by atoms with van der Waals surface area (Å²) in [5.41, 5.74) is 0.667. The lowest BCUT2D eigenvalue weighted by Crippen LogP contribution is -2.40. The highest BCUT2D eigenvalue weighted by molar-refractivity contribution is 6.30. The molecule has 19 heavy (non-hydrogen) atoms. The fourth-order valence-electron chi connectivity index (χ4n) is 3.13. The largest absolute Gasteiger partial charge is 0.310 e. The summed E-state index contributed by atoms with van der Waals surface area (Å²) in [5.74, 6) is 1.21. The second kappa shape index (κ2) is 6.71. The van der Waals surface area contributed by atoms with Gasteiger partial charge in [0, 0.05) is 23.2 Å². The molecule has 1 nitrogen and oxygen atoms in total. The van der Waals surface area contributed by atoms with Crippen LogP contribution in [-0.4, -0.2) is 6.04 Å². The molecule has 0 heterocycles. The van der Waals surface area contributed by atoms with Gasteiger partial charge in [0.05, 0.1) is 0 Å². The minimum absolute atomic E-state index is 0.172. The Morgan fingerprint density at radius 2 is 2.05 bits per heavy atom. The van der Waals surface area contributed by atoms with Gasteiger partial charge in [0.25, 0.3) is 0 Å². The standard InChI is InChI=1S/C16H23ClFN/c1-11(2)14-5-3-4-6-16(14)19-10-12-9-13(17)7-8-15(12)18/h7-9,11,14,16,19H,3-6,10H2,1-2H3. The van der Waals surface area contributed by atoms with Gasteiger partial charge in [-0.1, -0.05) is 38.3 Å². The number of hydrogen-bond donors (Lipinski definition) is 1. The summed E-state index contributed by atoms with van der Waals surface area (Å²) in [6, 6.07) is 5.27. The first-order valence-electron chi connectivity index (χ1n) is 7.25. The van der Waals surface area contributed by atoms with Gasteiger partial charge in [-0.15, -0.1) is 0 Å². The maximum absolute atomic E-state index is 13.7. The van der Waals surface area contributed by atoms with E-state index in [1.54, 1.807) is 12.1 Å². The molecule has 0 aliphatic heterocycles. The molecule has 2 rings (SSSR count). The molecule has 2 unspecified atom stereocenters. The summed E-state index contributed by atoms with van der Waals surface area (Å²) < 4.78 is 13.7. The number of hydrogen-bond acceptors (Lipinski definition) is 1. The van der Waals surface area contributed by atoms with Crippen LogP contribution in [0.1, 0.15) is 45.1 Å². The molecule has 1 aromatic carbocycles. The Hall–Kier alpha value is -0.600. The molecule has 1 aliphatic rings. The average molecular weight is 284 g/mol. The van der Waals surface area contributed by atoms with E-state index in [-0.39, 0.29) is 5.82 Å². The molecule has 3 heteroatoms. The summed E-state index contributed by atoms with van der Waals surface area (Å²) in [6.45, 7) is 5.13. The Balaban J connectivity index is 1.98. The topological polar surface area (TPSA) is 12.0 Å². The molecule has 1 N–H and O–H groups in total. The van der Waals surface area contributed by atoms with Gasteiger partial charge in [-0.25, -0.2) is 4.39 Å². The van der Waals surface area contributed by atoms with E-state index < -0.39 is 0 Å². The normalized spacial score (nSPS) is 23.8. The van der Waals surface area contributed by atoms with Gasteiger partial charge in [0.2, 0.25) is 0 Å². The Kier molecular flexibility index (Phi) is 5.23. The lowest BCUT2D eigenvalue weighted by molar-refractivity contribution is 0.204. The highest BCUT2D eigenvalue weighted by Gasteiger charge is 2.27. The molecule has 1 fully saturated rings. The number of halogens is 2. The van der Waals surface area contributed by atoms with Gasteiger partial charge in [-0.3, -0.25) is 0 Å². The van der Waals surface area contributed by atoms with Crippen molar-refractivity contribution in [2.24, 2.45) is 11.8 Å². The van der Waals surface area contributed by atoms with E-state index in [2.05, 4.69) is 19.2 Å². The van der Waals surface area contributed by atoms with Crippen molar-refractivity contribution in [2.75, 3.05) is 0 Å². The highest BCUT2D eigenvalue weighted by atomic mass is 35.5. The number of rotatable bonds is 4. The first-order chi connectivity index (χ1) is 9.08. The highest BCUT2D eigenvalue weighted by Crippen LogP contribution is 2.30. The van der Waals surface area contributed by atoms with E-state index in [1.807, 2.05) is 0 Å². The monoisotopic (exact) mass is 283 g/mol. The van der Waals surface area contributed by atoms with Crippen molar-refractivity contribution >= 4 is 11.6 Å². The molecular formula is C16H23ClFN. The molecule has 0 spiro atoms. The Bertz CT molecular complexity index is 419. The van der Waals surface area contributed by atoms with Gasteiger partial charge in [0.15, 0.2) is 0 Å². The Labute approximate surface area is 120 Å². The molecule has 2 atom stereocenters. The van der Waals surface area contributed by atoms with Crippen LogP contribution < -0.4 is 5.32 Å². The maximum atomic E-state index is 13.7. The van der Waals surface area contributed by atoms with E-state index in [0.29, 0.717) is 35.0 Å². The van der Waals surface area contributed by atoms with Crippen LogP contribution in [0.25, 0.3) is 0 Å². The van der Waals surface area contributed by atoms with Crippen LogP contribution in [0.2, 0.25) is 5.02 Å². The third-order valence-corrected chi connectivity index (χ3v) is 4.47. The second-order valence-electron chi connectivity index (χ2n) is 5.92. The van der Waals surface area contributed by atoms with Gasteiger partial charge in [-0.2, -0.15) is 0 Å². The first kappa shape index (κ1) is 14.8. The smallest absolute Gasteiger partial charge is 0.127 e. The third kappa shape index (κ3) is 3.93. The summed E-state index contributed by atoms with van der Waals surface area (Å²) in [5, 5.41) is 4.14. The molecule has 0 aromatic heterocycles. The quantitative estimate of drug-likeness (QED) is 0.838. The number of nitrogens with one attached hydrogen (secondary N) is 1. The van der Waals surface area contributed by atoms with E-state index in [1.165, 1.54) is 31.7 Å². The van der Waals surface area contributed by atoms with E-state index in [9.17, 15) is 4.39 Å². The van der Waals surface area contributed by atoms with Crippen molar-refractivity contribution in [3.05, 3.63) is 34.6 Å². The van der Waals surface area contributed by atoms with Crippen molar-refractivity contribution in [1.82, 2.24) is 5.32 Å². The minimum Gasteiger partial charge on any atom is -0.310 e. The maximum Gasteiger partial charge on any atom is 0.127 e. The lowest BCUT2D eigenvalue weighted by Gasteiger charge is -2.35. The van der Waals surface area contributed by atoms with Crippen LogP contribution in [0.15, 0.2) is 18.2 Å². The summed E-state index contributed by atoms with van der Waals surface area (Å²) in [6.07, 6.45) is 5.09. The molecule has 1 aromatic rings. The molecule has 1 saturated carbocycles. The van der Waals surface area contributed by atoms with Gasteiger partial charge in [-0.05, 0) is 42.9 Å². The summed E-state index contributed by atoms with van der Waals surface area (Å²) in [4.78, 5) is 0. The fourth-order valence-corrected chi connectivity index (χ4v) is 3.33. The van der Waals surface area contributed by atoms with Crippen molar-refractivity contribution in [1.29, 1.82) is 0 Å². The van der Waals surface area contributed by atoms with Crippen molar-refractivity contribution < 1.29 is 4.39 Å². The SMILES string of the molecule is CC(C)C1CCCCC1NCc1cc(Cl)ccc1F. The Morgan fingerprint density at radius 1 is 1.32 bits per heavy atom. The molecule has 0 amide bonds. The Morgan fingerprint density at radius 3 is 2.79 bits per heavy atom. The molecule has 0 bridgehead atoms. The van der Waals surface area contributed by atoms with Crippen molar-refractivity contribution in [3.63, 3.8) is 0 Å². The molecule has 0 radical (unpaired) electrons. The van der Waals surface area contributed by atoms with E-state index in [4.69, 9.17) is 11.6 Å². The predicted octanol–water partition coefficient (Wildman–Crippen LogP) is 4.78. The van der Waals surface area contributed by atoms with Crippen molar-refractivity contribution in [3.8, 4) is 0 Å². The summed E-state index contributed by atoms with van der Waals surface area (Å²) >= 11 is 5.92. The lowest BCUT2D eigenvalue weighted by atomic mass is 9.78. The van der Waals surface area contributed by atoms with Crippen LogP contribution in [0.4, 0.5) is 4.39 Å². The zero-order valence-electron chi connectivity index (χ0n) is 11.8. The van der Waals surface area contributed by atoms with Gasteiger partial charge < -0.3 is 5.32 Å². The van der Waals surface area contributed by atoms with Gasteiger partial charge >= 0.3 is 0 Å². The van der Waals surface area contributed by atoms with Crippen LogP contribution in [-0.2, 0) is 6.54 Å². The van der Waals surface area contributed by atoms with Crippen LogP contribution in [0.3, 0.4) is 0 Å². The first-order valence-corrected chi connectivity index (χ1v) is 7.63. The molecule has 0 saturated heterocycles. The molecular weight excluding hydrogens is 261 g/mol. The number of benzene rings is 1. The second-order valence-corrected chi connectivity index (χ2v) is 6.35. The minimum atomic E-state index is -0.172. The molecule has 1 aliphatic carbocycles. The zero-order chi connectivity index (χ0) is 13.8. The predicted molar refractivity (Wildman–Crippen MR) is 78.8 cm³/mol. The van der Waals surface area contributed by atoms with Crippen LogP contribution in [0, 0.1) is 17.7 Å². The fraction of sp³-hybridized carbons (Fsp3) is 0.625. The summed E-state index contributed by atoms with van der Waals surface area (Å²) in [7, 11) is 0. The third-order valence-electron chi connectivity index (χ3n) is 4.24. The average Bonchev–Trinajstić information content (AvgIpc) is 2.40. The van der Waals surface area contributed by atoms with Crippen molar-refractivity contribution in [2.45, 2.75) is 52.1 Å². The van der Waals surface area contributed by atoms with E-state index in [0.717, 1.165) is 0 Å². The molecule has 106 valence electrons. The zero-order valence-corrected chi connectivity index (χ0v) is 12.5. The van der Waals surface area contributed by atoms with E-state index >= 15 is 0 Å².